The fourth-order valence-electron chi connectivity index (χ4n) is 0.170. The average molecular weight is 442 g/mol. The first kappa shape index (κ1) is 27.2. The van der Waals surface area contributed by atoms with Crippen LogP contribution in [0.1, 0.15) is 0 Å². The number of aliphatic carboxylic acids is 1. The fraction of sp³-hybridized carbons (Fsp3) is 0.250. The van der Waals surface area contributed by atoms with Crippen molar-refractivity contribution >= 4 is 21.2 Å². The van der Waals surface area contributed by atoms with Crippen LogP contribution in [0, 0.1) is 13.8 Å². The topological polar surface area (TPSA) is 173 Å². The Labute approximate surface area is 147 Å². The molecule has 13 heteroatoms. The standard InChI is InChI=1S/C2H7O7P2.C2H3O2.2Y/c1-2(3,10(4,5)6)11(7,8)9;1-2(3)4;;/h3H,1H2,(H2,4,5,6)(H2,7,8,9);1H2,(H,3,4);;/q2*-1;;. The molecule has 0 saturated carbocycles. The smallest absolute Gasteiger partial charge is 0.338 e. The maximum Gasteiger partial charge on any atom is 0.338 e. The Balaban J connectivity index is -0.000000123. The van der Waals surface area contributed by atoms with Gasteiger partial charge in [-0.2, -0.15) is 0 Å². The van der Waals surface area contributed by atoms with Crippen LogP contribution in [0.3, 0.4) is 0 Å². The molecule has 0 unspecified atom stereocenters. The molecule has 0 aromatic heterocycles. The summed E-state index contributed by atoms with van der Waals surface area (Å²) in [4.78, 5) is 41.6. The number of aliphatic hydroxyl groups is 1. The van der Waals surface area contributed by atoms with Gasteiger partial charge in [-0.05, 0) is 0 Å². The Morgan fingerprint density at radius 1 is 1.00 bits per heavy atom. The Hall–Kier alpha value is 1.81. The van der Waals surface area contributed by atoms with Crippen molar-refractivity contribution in [3.05, 3.63) is 13.8 Å². The summed E-state index contributed by atoms with van der Waals surface area (Å²) in [5.74, 6) is -1.08. The molecule has 0 fully saturated rings. The first-order valence-electron chi connectivity index (χ1n) is 2.97. The molecule has 9 nitrogen and oxygen atoms in total. The van der Waals surface area contributed by atoms with E-state index in [1.165, 1.54) is 0 Å². The first-order chi connectivity index (χ1) is 6.23. The third kappa shape index (κ3) is 11.3. The van der Waals surface area contributed by atoms with Crippen LogP contribution in [0.25, 0.3) is 0 Å². The monoisotopic (exact) mass is 442 g/mol. The molecule has 0 aliphatic carbocycles. The van der Waals surface area contributed by atoms with Gasteiger partial charge in [0, 0.05) is 65.4 Å². The summed E-state index contributed by atoms with van der Waals surface area (Å²) in [6, 6.07) is 0. The van der Waals surface area contributed by atoms with E-state index in [0.29, 0.717) is 0 Å². The summed E-state index contributed by atoms with van der Waals surface area (Å²) in [5, 5.41) is 12.3. The molecule has 0 bridgehead atoms. The summed E-state index contributed by atoms with van der Waals surface area (Å²) in [5.41, 5.74) is 0. The van der Waals surface area contributed by atoms with Crippen LogP contribution in [-0.2, 0) is 79.3 Å². The first-order valence-corrected chi connectivity index (χ1v) is 6.20. The van der Waals surface area contributed by atoms with Crippen LogP contribution in [-0.4, -0.2) is 40.8 Å². The van der Waals surface area contributed by atoms with Gasteiger partial charge in [-0.25, -0.2) is 0 Å². The van der Waals surface area contributed by atoms with Crippen molar-refractivity contribution in [3.8, 4) is 0 Å². The second-order valence-corrected chi connectivity index (χ2v) is 6.26. The Morgan fingerprint density at radius 3 is 1.12 bits per heavy atom. The normalized spacial score (nSPS) is 11.2. The Bertz CT molecular complexity index is 289. The Morgan fingerprint density at radius 2 is 1.12 bits per heavy atom. The predicted octanol–water partition coefficient (Wildman–Crippen LogP) is -1.28. The SMILES string of the molecule is [CH2-]C(=O)O.[CH2-]C(O)(P(=O)(O)O)P(=O)(O)O.[Y].[Y]. The predicted molar refractivity (Wildman–Crippen MR) is 47.4 cm³/mol. The van der Waals surface area contributed by atoms with Crippen molar-refractivity contribution in [3.63, 3.8) is 0 Å². The summed E-state index contributed by atoms with van der Waals surface area (Å²) >= 11 is 0. The molecule has 0 saturated heterocycles. The molecule has 0 spiro atoms. The number of hydrogen-bond donors (Lipinski definition) is 6. The summed E-state index contributed by atoms with van der Waals surface area (Å²) in [6.45, 7) is 4.90. The molecular formula is C4H10O9P2Y2-2. The number of carboxylic acids is 1. The minimum atomic E-state index is -5.31. The van der Waals surface area contributed by atoms with Crippen LogP contribution in [0.15, 0.2) is 0 Å². The fourth-order valence-corrected chi connectivity index (χ4v) is 1.53. The van der Waals surface area contributed by atoms with Gasteiger partial charge in [0.05, 0.1) is 0 Å². The molecule has 0 aliphatic rings. The third-order valence-electron chi connectivity index (χ3n) is 0.933. The molecule has 0 amide bonds. The van der Waals surface area contributed by atoms with Crippen molar-refractivity contribution in [1.82, 2.24) is 0 Å². The number of hydrogen-bond acceptors (Lipinski definition) is 4. The molecule has 0 rings (SSSR count). The molecule has 0 aromatic rings. The Kier molecular flexibility index (Phi) is 15.5. The van der Waals surface area contributed by atoms with Crippen LogP contribution < -0.4 is 0 Å². The minimum Gasteiger partial charge on any atom is -0.503 e. The van der Waals surface area contributed by atoms with Gasteiger partial charge in [0.25, 0.3) is 0 Å². The number of rotatable bonds is 2. The quantitative estimate of drug-likeness (QED) is 0.225. The van der Waals surface area contributed by atoms with Crippen LogP contribution in [0.5, 0.6) is 0 Å². The molecule has 0 heterocycles. The molecule has 17 heavy (non-hydrogen) atoms. The van der Waals surface area contributed by atoms with E-state index >= 15 is 0 Å². The number of carbonyl (C=O) groups is 1. The van der Waals surface area contributed by atoms with Gasteiger partial charge in [0.2, 0.25) is 0 Å². The van der Waals surface area contributed by atoms with Gasteiger partial charge in [-0.1, -0.05) is 0 Å². The van der Waals surface area contributed by atoms with Crippen LogP contribution in [0.2, 0.25) is 0 Å². The van der Waals surface area contributed by atoms with E-state index in [2.05, 4.69) is 13.8 Å². The second kappa shape index (κ2) is 9.67. The van der Waals surface area contributed by atoms with Gasteiger partial charge in [0.1, 0.15) is 5.08 Å². The van der Waals surface area contributed by atoms with Gasteiger partial charge in [-0.15, -0.1) is 0 Å². The zero-order valence-electron chi connectivity index (χ0n) is 8.37. The van der Waals surface area contributed by atoms with Gasteiger partial charge < -0.3 is 29.8 Å². The third-order valence-corrected chi connectivity index (χ3v) is 4.36. The van der Waals surface area contributed by atoms with Crippen LogP contribution >= 0.6 is 15.2 Å². The number of carboxylic acid groups (broad SMARTS) is 1. The maximum atomic E-state index is 10.2. The van der Waals surface area contributed by atoms with Crippen molar-refractivity contribution < 1.29 is 109 Å². The minimum absolute atomic E-state index is 0. The molecule has 98 valence electrons. The molecule has 2 radical (unpaired) electrons. The van der Waals surface area contributed by atoms with E-state index < -0.39 is 26.2 Å². The van der Waals surface area contributed by atoms with E-state index in [4.69, 9.17) is 34.6 Å². The van der Waals surface area contributed by atoms with E-state index in [-0.39, 0.29) is 65.4 Å². The zero-order chi connectivity index (χ0) is 13.1. The zero-order valence-corrected chi connectivity index (χ0v) is 15.8. The van der Waals surface area contributed by atoms with E-state index in [1.807, 2.05) is 0 Å². The van der Waals surface area contributed by atoms with E-state index in [1.54, 1.807) is 0 Å². The summed E-state index contributed by atoms with van der Waals surface area (Å²) < 4.78 is 20.4. The summed E-state index contributed by atoms with van der Waals surface area (Å²) in [7, 11) is -10.6. The van der Waals surface area contributed by atoms with Gasteiger partial charge >= 0.3 is 15.2 Å². The van der Waals surface area contributed by atoms with Crippen molar-refractivity contribution in [2.24, 2.45) is 0 Å². The van der Waals surface area contributed by atoms with Crippen LogP contribution in [0.4, 0.5) is 0 Å². The van der Waals surface area contributed by atoms with Gasteiger partial charge in [0.15, 0.2) is 5.97 Å². The maximum absolute atomic E-state index is 10.2. The molecule has 0 aliphatic heterocycles. The van der Waals surface area contributed by atoms with Crippen molar-refractivity contribution in [2.45, 2.75) is 5.08 Å². The molecular weight excluding hydrogens is 432 g/mol. The largest absolute Gasteiger partial charge is 0.503 e. The van der Waals surface area contributed by atoms with E-state index in [0.717, 1.165) is 0 Å². The molecule has 6 N–H and O–H groups in total. The average Bonchev–Trinajstić information content (AvgIpc) is 1.79. The molecule has 0 aromatic carbocycles. The van der Waals surface area contributed by atoms with Gasteiger partial charge in [-0.3, -0.25) is 27.8 Å². The van der Waals surface area contributed by atoms with E-state index in [9.17, 15) is 9.13 Å². The van der Waals surface area contributed by atoms with Crippen molar-refractivity contribution in [2.75, 3.05) is 0 Å². The van der Waals surface area contributed by atoms with Crippen molar-refractivity contribution in [1.29, 1.82) is 0 Å². The second-order valence-electron chi connectivity index (χ2n) is 2.26. The molecule has 0 atom stereocenters. The summed E-state index contributed by atoms with van der Waals surface area (Å²) in [6.07, 6.45) is 0.